The van der Waals surface area contributed by atoms with Crippen molar-refractivity contribution in [3.05, 3.63) is 33.0 Å². The van der Waals surface area contributed by atoms with Crippen LogP contribution in [0.25, 0.3) is 10.9 Å². The van der Waals surface area contributed by atoms with Crippen LogP contribution in [0.1, 0.15) is 46.0 Å². The molecule has 1 amide bonds. The summed E-state index contributed by atoms with van der Waals surface area (Å²) in [5.74, 6) is 0.250. The lowest BCUT2D eigenvalue weighted by Crippen LogP contribution is -2.27. The molecule has 0 atom stereocenters. The molecule has 0 aliphatic rings. The Balaban J connectivity index is 2.24. The van der Waals surface area contributed by atoms with Gasteiger partial charge >= 0.3 is 0 Å². The Kier molecular flexibility index (Phi) is 8.65. The fourth-order valence-corrected chi connectivity index (χ4v) is 3.80. The minimum Gasteiger partial charge on any atom is -0.355 e. The van der Waals surface area contributed by atoms with Gasteiger partial charge in [-0.05, 0) is 31.0 Å². The van der Waals surface area contributed by atoms with Crippen molar-refractivity contribution in [1.29, 1.82) is 0 Å². The molecule has 142 valence electrons. The van der Waals surface area contributed by atoms with Crippen LogP contribution < -0.4 is 10.9 Å². The molecule has 2 aromatic rings. The molecular weight excluding hydrogens is 414 g/mol. The third-order valence-electron chi connectivity index (χ3n) is 4.05. The SMILES string of the molecule is CCCCCn1c(SCC(=O)NCCCC)nc2ccc(Br)cc2c1=O. The van der Waals surface area contributed by atoms with Crippen molar-refractivity contribution in [3.63, 3.8) is 0 Å². The van der Waals surface area contributed by atoms with Gasteiger partial charge in [-0.25, -0.2) is 4.98 Å². The van der Waals surface area contributed by atoms with Crippen LogP contribution in [0, 0.1) is 0 Å². The summed E-state index contributed by atoms with van der Waals surface area (Å²) < 4.78 is 2.58. The third-order valence-corrected chi connectivity index (χ3v) is 5.52. The second-order valence-electron chi connectivity index (χ2n) is 6.21. The van der Waals surface area contributed by atoms with E-state index in [-0.39, 0.29) is 17.2 Å². The molecule has 1 heterocycles. The molecule has 5 nitrogen and oxygen atoms in total. The Hall–Kier alpha value is -1.34. The molecule has 0 saturated carbocycles. The van der Waals surface area contributed by atoms with E-state index < -0.39 is 0 Å². The van der Waals surface area contributed by atoms with Gasteiger partial charge in [-0.3, -0.25) is 14.2 Å². The van der Waals surface area contributed by atoms with Crippen molar-refractivity contribution in [2.75, 3.05) is 12.3 Å². The van der Waals surface area contributed by atoms with E-state index in [2.05, 4.69) is 40.1 Å². The molecule has 7 heteroatoms. The monoisotopic (exact) mass is 439 g/mol. The molecule has 0 spiro atoms. The molecule has 0 aliphatic heterocycles. The summed E-state index contributed by atoms with van der Waals surface area (Å²) >= 11 is 4.75. The van der Waals surface area contributed by atoms with Crippen molar-refractivity contribution < 1.29 is 4.79 Å². The van der Waals surface area contributed by atoms with Crippen molar-refractivity contribution in [2.45, 2.75) is 57.7 Å². The molecule has 0 aliphatic carbocycles. The lowest BCUT2D eigenvalue weighted by atomic mass is 10.2. The zero-order chi connectivity index (χ0) is 18.9. The van der Waals surface area contributed by atoms with E-state index in [0.717, 1.165) is 36.6 Å². The van der Waals surface area contributed by atoms with E-state index in [0.29, 0.717) is 29.1 Å². The first-order valence-electron chi connectivity index (χ1n) is 9.16. The highest BCUT2D eigenvalue weighted by atomic mass is 79.9. The topological polar surface area (TPSA) is 64.0 Å². The second kappa shape index (κ2) is 10.7. The largest absolute Gasteiger partial charge is 0.355 e. The number of rotatable bonds is 10. The highest BCUT2D eigenvalue weighted by Crippen LogP contribution is 2.21. The van der Waals surface area contributed by atoms with Gasteiger partial charge in [0.2, 0.25) is 5.91 Å². The number of nitrogens with zero attached hydrogens (tertiary/aromatic N) is 2. The Morgan fingerprint density at radius 3 is 2.73 bits per heavy atom. The molecule has 1 aromatic heterocycles. The fourth-order valence-electron chi connectivity index (χ4n) is 2.59. The van der Waals surface area contributed by atoms with Crippen LogP contribution in [0.4, 0.5) is 0 Å². The molecule has 1 aromatic carbocycles. The Morgan fingerprint density at radius 1 is 1.23 bits per heavy atom. The zero-order valence-corrected chi connectivity index (χ0v) is 17.8. The molecule has 0 fully saturated rings. The zero-order valence-electron chi connectivity index (χ0n) is 15.4. The minimum absolute atomic E-state index is 0.0197. The van der Waals surface area contributed by atoms with Gasteiger partial charge in [-0.2, -0.15) is 0 Å². The lowest BCUT2D eigenvalue weighted by molar-refractivity contribution is -0.118. The second-order valence-corrected chi connectivity index (χ2v) is 8.07. The number of hydrogen-bond donors (Lipinski definition) is 1. The molecule has 2 rings (SSSR count). The van der Waals surface area contributed by atoms with Crippen molar-refractivity contribution in [3.8, 4) is 0 Å². The number of fused-ring (bicyclic) bond motifs is 1. The first-order valence-corrected chi connectivity index (χ1v) is 10.9. The van der Waals surface area contributed by atoms with E-state index in [1.807, 2.05) is 18.2 Å². The number of hydrogen-bond acceptors (Lipinski definition) is 4. The smallest absolute Gasteiger partial charge is 0.262 e. The molecule has 0 bridgehead atoms. The van der Waals surface area contributed by atoms with Gasteiger partial charge in [-0.15, -0.1) is 0 Å². The Morgan fingerprint density at radius 2 is 2.00 bits per heavy atom. The van der Waals surface area contributed by atoms with Gasteiger partial charge in [0, 0.05) is 17.6 Å². The summed E-state index contributed by atoms with van der Waals surface area (Å²) in [4.78, 5) is 29.6. The lowest BCUT2D eigenvalue weighted by Gasteiger charge is -2.13. The number of amides is 1. The van der Waals surface area contributed by atoms with Crippen LogP contribution in [-0.4, -0.2) is 27.8 Å². The first-order chi connectivity index (χ1) is 12.6. The molecule has 0 saturated heterocycles. The summed E-state index contributed by atoms with van der Waals surface area (Å²) in [5, 5.41) is 4.13. The summed E-state index contributed by atoms with van der Waals surface area (Å²) in [5.41, 5.74) is 0.625. The number of thioether (sulfide) groups is 1. The quantitative estimate of drug-likeness (QED) is 0.339. The average Bonchev–Trinajstić information content (AvgIpc) is 2.63. The maximum atomic E-state index is 12.9. The number of halogens is 1. The van der Waals surface area contributed by atoms with E-state index >= 15 is 0 Å². The van der Waals surface area contributed by atoms with Gasteiger partial charge in [0.1, 0.15) is 0 Å². The maximum Gasteiger partial charge on any atom is 0.262 e. The van der Waals surface area contributed by atoms with Crippen molar-refractivity contribution in [1.82, 2.24) is 14.9 Å². The van der Waals surface area contributed by atoms with E-state index in [1.54, 1.807) is 4.57 Å². The van der Waals surface area contributed by atoms with Crippen molar-refractivity contribution >= 4 is 44.5 Å². The number of carbonyl (C=O) groups is 1. The molecule has 0 unspecified atom stereocenters. The van der Waals surface area contributed by atoms with Crippen molar-refractivity contribution in [2.24, 2.45) is 0 Å². The standard InChI is InChI=1S/C19H26BrN3O2S/c1-3-5-7-11-23-18(25)15-12-14(20)8-9-16(15)22-19(23)26-13-17(24)21-10-6-4-2/h8-9,12H,3-7,10-11,13H2,1-2H3,(H,21,24). The van der Waals surface area contributed by atoms with Crippen LogP contribution in [0.5, 0.6) is 0 Å². The predicted molar refractivity (Wildman–Crippen MR) is 112 cm³/mol. The molecule has 26 heavy (non-hydrogen) atoms. The third kappa shape index (κ3) is 5.84. The average molecular weight is 440 g/mol. The van der Waals surface area contributed by atoms with Crippen LogP contribution in [0.3, 0.4) is 0 Å². The van der Waals surface area contributed by atoms with Crippen LogP contribution >= 0.6 is 27.7 Å². The summed E-state index contributed by atoms with van der Waals surface area (Å²) in [6.45, 7) is 5.54. The molecule has 1 N–H and O–H groups in total. The van der Waals surface area contributed by atoms with Gasteiger partial charge in [-0.1, -0.05) is 60.8 Å². The minimum atomic E-state index is -0.0405. The predicted octanol–water partition coefficient (Wildman–Crippen LogP) is 4.36. The van der Waals surface area contributed by atoms with Gasteiger partial charge in [0.05, 0.1) is 16.7 Å². The maximum absolute atomic E-state index is 12.9. The van der Waals surface area contributed by atoms with Crippen LogP contribution in [0.2, 0.25) is 0 Å². The number of benzene rings is 1. The van der Waals surface area contributed by atoms with Gasteiger partial charge in [0.25, 0.3) is 5.56 Å². The van der Waals surface area contributed by atoms with Gasteiger partial charge < -0.3 is 5.32 Å². The molecular formula is C19H26BrN3O2S. The fraction of sp³-hybridized carbons (Fsp3) is 0.526. The van der Waals surface area contributed by atoms with E-state index in [4.69, 9.17) is 0 Å². The number of aromatic nitrogens is 2. The van der Waals surface area contributed by atoms with Crippen LogP contribution in [-0.2, 0) is 11.3 Å². The summed E-state index contributed by atoms with van der Waals surface area (Å²) in [6.07, 6.45) is 5.09. The Labute approximate surface area is 167 Å². The Bertz CT molecular complexity index is 807. The van der Waals surface area contributed by atoms with Crippen LogP contribution in [0.15, 0.2) is 32.6 Å². The molecule has 0 radical (unpaired) electrons. The number of unbranched alkanes of at least 4 members (excludes halogenated alkanes) is 3. The summed E-state index contributed by atoms with van der Waals surface area (Å²) in [7, 11) is 0. The van der Waals surface area contributed by atoms with E-state index in [9.17, 15) is 9.59 Å². The highest BCUT2D eigenvalue weighted by molar-refractivity contribution is 9.10. The van der Waals surface area contributed by atoms with Gasteiger partial charge in [0.15, 0.2) is 5.16 Å². The first kappa shape index (κ1) is 21.0. The number of nitrogens with one attached hydrogen (secondary N) is 1. The van der Waals surface area contributed by atoms with E-state index in [1.165, 1.54) is 11.8 Å². The number of carbonyl (C=O) groups excluding carboxylic acids is 1. The summed E-state index contributed by atoms with van der Waals surface area (Å²) in [6, 6.07) is 5.53. The highest BCUT2D eigenvalue weighted by Gasteiger charge is 2.13. The normalized spacial score (nSPS) is 11.0.